The van der Waals surface area contributed by atoms with Crippen LogP contribution in [-0.4, -0.2) is 56.1 Å². The second-order valence-electron chi connectivity index (χ2n) is 6.49. The molecule has 0 spiro atoms. The van der Waals surface area contributed by atoms with Crippen molar-refractivity contribution in [3.63, 3.8) is 0 Å². The highest BCUT2D eigenvalue weighted by Gasteiger charge is 2.19. The topological polar surface area (TPSA) is 61.9 Å². The molecule has 1 saturated heterocycles. The van der Waals surface area contributed by atoms with Crippen molar-refractivity contribution >= 4 is 34.8 Å². The maximum Gasteiger partial charge on any atom is 0.255 e. The normalized spacial score (nSPS) is 13.9. The van der Waals surface area contributed by atoms with Crippen molar-refractivity contribution in [2.45, 2.75) is 6.92 Å². The molecular weight excluding hydrogens is 378 g/mol. The SMILES string of the molecule is CCN(CC(=O)Nc1ccc(N2CCOCC2)cc1)C(=O)c1ccccc1Cl. The van der Waals surface area contributed by atoms with E-state index in [4.69, 9.17) is 16.3 Å². The Kier molecular flexibility index (Phi) is 6.90. The van der Waals surface area contributed by atoms with E-state index in [-0.39, 0.29) is 18.4 Å². The van der Waals surface area contributed by atoms with E-state index in [1.807, 2.05) is 31.2 Å². The van der Waals surface area contributed by atoms with Crippen LogP contribution in [0.15, 0.2) is 48.5 Å². The Morgan fingerprint density at radius 2 is 1.79 bits per heavy atom. The lowest BCUT2D eigenvalue weighted by molar-refractivity contribution is -0.116. The van der Waals surface area contributed by atoms with Crippen LogP contribution in [-0.2, 0) is 9.53 Å². The van der Waals surface area contributed by atoms with E-state index in [1.165, 1.54) is 4.90 Å². The fraction of sp³-hybridized carbons (Fsp3) is 0.333. The second kappa shape index (κ2) is 9.57. The Bertz CT molecular complexity index is 820. The summed E-state index contributed by atoms with van der Waals surface area (Å²) < 4.78 is 5.36. The van der Waals surface area contributed by atoms with E-state index in [9.17, 15) is 9.59 Å². The Morgan fingerprint density at radius 1 is 1.11 bits per heavy atom. The number of carbonyl (C=O) groups is 2. The van der Waals surface area contributed by atoms with E-state index >= 15 is 0 Å². The molecule has 1 N–H and O–H groups in total. The molecule has 7 heteroatoms. The molecule has 1 aliphatic rings. The maximum atomic E-state index is 12.7. The highest BCUT2D eigenvalue weighted by molar-refractivity contribution is 6.33. The molecule has 1 fully saturated rings. The molecule has 6 nitrogen and oxygen atoms in total. The molecule has 2 amide bonds. The summed E-state index contributed by atoms with van der Waals surface area (Å²) in [6, 6.07) is 14.5. The van der Waals surface area contributed by atoms with Gasteiger partial charge in [0, 0.05) is 31.0 Å². The third-order valence-corrected chi connectivity index (χ3v) is 4.96. The number of nitrogens with one attached hydrogen (secondary N) is 1. The first-order valence-electron chi connectivity index (χ1n) is 9.35. The van der Waals surface area contributed by atoms with Gasteiger partial charge in [-0.25, -0.2) is 0 Å². The molecule has 0 aromatic heterocycles. The average Bonchev–Trinajstić information content (AvgIpc) is 2.73. The number of halogens is 1. The summed E-state index contributed by atoms with van der Waals surface area (Å²) in [7, 11) is 0. The molecule has 148 valence electrons. The predicted octanol–water partition coefficient (Wildman–Crippen LogP) is 3.28. The molecule has 2 aromatic rings. The van der Waals surface area contributed by atoms with E-state index in [1.54, 1.807) is 24.3 Å². The fourth-order valence-electron chi connectivity index (χ4n) is 3.08. The number of carbonyl (C=O) groups excluding carboxylic acids is 2. The zero-order chi connectivity index (χ0) is 19.9. The molecule has 0 atom stereocenters. The first kappa shape index (κ1) is 20.2. The lowest BCUT2D eigenvalue weighted by atomic mass is 10.2. The van der Waals surface area contributed by atoms with Crippen LogP contribution < -0.4 is 10.2 Å². The third kappa shape index (κ3) is 5.03. The van der Waals surface area contributed by atoms with Crippen molar-refractivity contribution in [3.8, 4) is 0 Å². The number of morpholine rings is 1. The van der Waals surface area contributed by atoms with E-state index in [0.717, 1.165) is 32.0 Å². The number of benzene rings is 2. The summed E-state index contributed by atoms with van der Waals surface area (Å²) in [4.78, 5) is 28.8. The van der Waals surface area contributed by atoms with Gasteiger partial charge in [0.25, 0.3) is 5.91 Å². The fourth-order valence-corrected chi connectivity index (χ4v) is 3.30. The minimum Gasteiger partial charge on any atom is -0.378 e. The van der Waals surface area contributed by atoms with E-state index < -0.39 is 0 Å². The summed E-state index contributed by atoms with van der Waals surface area (Å²) >= 11 is 6.11. The van der Waals surface area contributed by atoms with Crippen molar-refractivity contribution in [2.75, 3.05) is 49.6 Å². The largest absolute Gasteiger partial charge is 0.378 e. The van der Waals surface area contributed by atoms with Gasteiger partial charge in [-0.05, 0) is 43.3 Å². The number of ether oxygens (including phenoxy) is 1. The molecular formula is C21H24ClN3O3. The summed E-state index contributed by atoms with van der Waals surface area (Å²) in [5.41, 5.74) is 2.20. The van der Waals surface area contributed by atoms with Gasteiger partial charge in [-0.1, -0.05) is 23.7 Å². The van der Waals surface area contributed by atoms with Gasteiger partial charge in [-0.2, -0.15) is 0 Å². The van der Waals surface area contributed by atoms with Gasteiger partial charge in [0.2, 0.25) is 5.91 Å². The van der Waals surface area contributed by atoms with Crippen LogP contribution in [0.25, 0.3) is 0 Å². The number of hydrogen-bond acceptors (Lipinski definition) is 4. The average molecular weight is 402 g/mol. The molecule has 28 heavy (non-hydrogen) atoms. The molecule has 0 aliphatic carbocycles. The van der Waals surface area contributed by atoms with Gasteiger partial charge in [-0.3, -0.25) is 9.59 Å². The molecule has 2 aromatic carbocycles. The summed E-state index contributed by atoms with van der Waals surface area (Å²) in [5, 5.41) is 3.23. The first-order valence-corrected chi connectivity index (χ1v) is 9.72. The number of likely N-dealkylation sites (N-methyl/N-ethyl adjacent to an activating group) is 1. The minimum atomic E-state index is -0.258. The molecule has 3 rings (SSSR count). The monoisotopic (exact) mass is 401 g/mol. The second-order valence-corrected chi connectivity index (χ2v) is 6.90. The Balaban J connectivity index is 1.59. The molecule has 0 saturated carbocycles. The zero-order valence-electron chi connectivity index (χ0n) is 15.9. The minimum absolute atomic E-state index is 0.0359. The first-order chi connectivity index (χ1) is 13.6. The van der Waals surface area contributed by atoms with Crippen molar-refractivity contribution in [2.24, 2.45) is 0 Å². The van der Waals surface area contributed by atoms with Crippen LogP contribution in [0, 0.1) is 0 Å². The van der Waals surface area contributed by atoms with Crippen LogP contribution in [0.4, 0.5) is 11.4 Å². The quantitative estimate of drug-likeness (QED) is 0.806. The van der Waals surface area contributed by atoms with Gasteiger partial charge in [0.05, 0.1) is 23.8 Å². The Morgan fingerprint density at radius 3 is 2.43 bits per heavy atom. The van der Waals surface area contributed by atoms with Gasteiger partial charge in [0.1, 0.15) is 6.54 Å². The summed E-state index contributed by atoms with van der Waals surface area (Å²) in [6.45, 7) is 5.39. The Hall–Kier alpha value is -2.57. The summed E-state index contributed by atoms with van der Waals surface area (Å²) in [5.74, 6) is -0.507. The van der Waals surface area contributed by atoms with Crippen LogP contribution >= 0.6 is 11.6 Å². The number of nitrogens with zero attached hydrogens (tertiary/aromatic N) is 2. The van der Waals surface area contributed by atoms with E-state index in [2.05, 4.69) is 10.2 Å². The number of hydrogen-bond donors (Lipinski definition) is 1. The number of amides is 2. The number of anilines is 2. The van der Waals surface area contributed by atoms with Crippen LogP contribution in [0.3, 0.4) is 0 Å². The van der Waals surface area contributed by atoms with Crippen LogP contribution in [0.2, 0.25) is 5.02 Å². The van der Waals surface area contributed by atoms with Crippen molar-refractivity contribution in [1.82, 2.24) is 4.90 Å². The number of rotatable bonds is 6. The summed E-state index contributed by atoms with van der Waals surface area (Å²) in [6.07, 6.45) is 0. The van der Waals surface area contributed by atoms with Crippen molar-refractivity contribution in [1.29, 1.82) is 0 Å². The smallest absolute Gasteiger partial charge is 0.255 e. The van der Waals surface area contributed by atoms with Crippen LogP contribution in [0.1, 0.15) is 17.3 Å². The van der Waals surface area contributed by atoms with Gasteiger partial charge < -0.3 is 19.9 Å². The predicted molar refractivity (Wildman–Crippen MR) is 111 cm³/mol. The van der Waals surface area contributed by atoms with E-state index in [0.29, 0.717) is 22.8 Å². The zero-order valence-corrected chi connectivity index (χ0v) is 16.6. The maximum absolute atomic E-state index is 12.7. The lowest BCUT2D eigenvalue weighted by Gasteiger charge is -2.29. The molecule has 0 unspecified atom stereocenters. The van der Waals surface area contributed by atoms with Gasteiger partial charge in [0.15, 0.2) is 0 Å². The standard InChI is InChI=1S/C21H24ClN3O3/c1-2-24(21(27)18-5-3-4-6-19(18)22)15-20(26)23-16-7-9-17(10-8-16)25-11-13-28-14-12-25/h3-10H,2,11-15H2,1H3,(H,23,26). The lowest BCUT2D eigenvalue weighted by Crippen LogP contribution is -2.38. The van der Waals surface area contributed by atoms with Gasteiger partial charge in [-0.15, -0.1) is 0 Å². The van der Waals surface area contributed by atoms with Crippen LogP contribution in [0.5, 0.6) is 0 Å². The van der Waals surface area contributed by atoms with Crippen molar-refractivity contribution in [3.05, 3.63) is 59.1 Å². The van der Waals surface area contributed by atoms with Gasteiger partial charge >= 0.3 is 0 Å². The third-order valence-electron chi connectivity index (χ3n) is 4.63. The molecule has 1 heterocycles. The van der Waals surface area contributed by atoms with Crippen molar-refractivity contribution < 1.29 is 14.3 Å². The highest BCUT2D eigenvalue weighted by Crippen LogP contribution is 2.20. The molecule has 1 aliphatic heterocycles. The highest BCUT2D eigenvalue weighted by atomic mass is 35.5. The molecule has 0 radical (unpaired) electrons. The molecule has 0 bridgehead atoms. The Labute approximate surface area is 170 Å².